The van der Waals surface area contributed by atoms with Crippen LogP contribution in [-0.4, -0.2) is 42.3 Å². The summed E-state index contributed by atoms with van der Waals surface area (Å²) < 4.78 is 5.74. The molecule has 0 radical (unpaired) electrons. The number of halogens is 1. The van der Waals surface area contributed by atoms with E-state index in [1.54, 1.807) is 6.20 Å². The van der Waals surface area contributed by atoms with E-state index >= 15 is 0 Å². The number of thiazole rings is 1. The molecule has 1 aromatic heterocycles. The Balaban J connectivity index is 1.74. The second-order valence-corrected chi connectivity index (χ2v) is 8.54. The SMILES string of the molecule is CN1CC(OC(=O)C2CCCCC2)[N+]([O-])(c2ncc(Br)s2)C1. The summed E-state index contributed by atoms with van der Waals surface area (Å²) in [5.41, 5.74) is 0. The van der Waals surface area contributed by atoms with Gasteiger partial charge in [0.1, 0.15) is 6.67 Å². The van der Waals surface area contributed by atoms with Crippen molar-refractivity contribution < 1.29 is 9.53 Å². The quantitative estimate of drug-likeness (QED) is 0.451. The lowest BCUT2D eigenvalue weighted by molar-refractivity contribution is -0.159. The topological polar surface area (TPSA) is 65.5 Å². The molecule has 0 aromatic carbocycles. The Morgan fingerprint density at radius 2 is 2.23 bits per heavy atom. The van der Waals surface area contributed by atoms with E-state index in [9.17, 15) is 10.0 Å². The van der Waals surface area contributed by atoms with Gasteiger partial charge in [0.25, 0.3) is 11.4 Å². The van der Waals surface area contributed by atoms with Crippen molar-refractivity contribution in [2.24, 2.45) is 5.92 Å². The van der Waals surface area contributed by atoms with Crippen molar-refractivity contribution in [2.75, 3.05) is 20.3 Å². The number of rotatable bonds is 3. The van der Waals surface area contributed by atoms with Gasteiger partial charge in [-0.25, -0.2) is 4.90 Å². The summed E-state index contributed by atoms with van der Waals surface area (Å²) in [6, 6.07) is 0. The van der Waals surface area contributed by atoms with E-state index in [4.69, 9.17) is 4.74 Å². The normalized spacial score (nSPS) is 30.6. The molecule has 22 heavy (non-hydrogen) atoms. The van der Waals surface area contributed by atoms with Crippen molar-refractivity contribution in [2.45, 2.75) is 38.3 Å². The Morgan fingerprint density at radius 1 is 1.50 bits per heavy atom. The molecule has 2 heterocycles. The average molecular weight is 390 g/mol. The summed E-state index contributed by atoms with van der Waals surface area (Å²) in [5.74, 6) is -0.259. The molecule has 0 N–H and O–H groups in total. The lowest BCUT2D eigenvalue weighted by Crippen LogP contribution is -2.51. The fourth-order valence-electron chi connectivity index (χ4n) is 3.20. The second-order valence-electron chi connectivity index (χ2n) is 6.15. The molecule has 1 aromatic rings. The number of likely N-dealkylation sites (N-methyl/N-ethyl adjacent to an activating group) is 1. The fourth-order valence-corrected chi connectivity index (χ4v) is 4.45. The monoisotopic (exact) mass is 389 g/mol. The number of esters is 1. The zero-order valence-corrected chi connectivity index (χ0v) is 14.9. The van der Waals surface area contributed by atoms with E-state index in [1.807, 2.05) is 11.9 Å². The Bertz CT molecular complexity index is 549. The van der Waals surface area contributed by atoms with Gasteiger partial charge in [0.2, 0.25) is 0 Å². The number of aromatic nitrogens is 1. The Morgan fingerprint density at radius 3 is 2.86 bits per heavy atom. The predicted molar refractivity (Wildman–Crippen MR) is 88.9 cm³/mol. The molecule has 2 unspecified atom stereocenters. The maximum Gasteiger partial charge on any atom is 0.313 e. The summed E-state index contributed by atoms with van der Waals surface area (Å²) >= 11 is 4.64. The first-order chi connectivity index (χ1) is 10.5. The predicted octanol–water partition coefficient (Wildman–Crippen LogP) is 3.06. The Labute approximate surface area is 142 Å². The van der Waals surface area contributed by atoms with E-state index in [-0.39, 0.29) is 18.6 Å². The van der Waals surface area contributed by atoms with Gasteiger partial charge in [-0.15, -0.1) is 0 Å². The third kappa shape index (κ3) is 3.21. The first-order valence-corrected chi connectivity index (χ1v) is 9.19. The first-order valence-electron chi connectivity index (χ1n) is 7.59. The molecular formula is C14H20BrN3O3S. The highest BCUT2D eigenvalue weighted by atomic mass is 79.9. The number of quaternary nitrogens is 1. The zero-order valence-electron chi connectivity index (χ0n) is 12.5. The lowest BCUT2D eigenvalue weighted by atomic mass is 9.89. The third-order valence-corrected chi connectivity index (χ3v) is 5.95. The van der Waals surface area contributed by atoms with Crippen LogP contribution in [-0.2, 0) is 9.53 Å². The zero-order chi connectivity index (χ0) is 15.7. The first kappa shape index (κ1) is 16.3. The van der Waals surface area contributed by atoms with Crippen molar-refractivity contribution in [1.82, 2.24) is 14.5 Å². The van der Waals surface area contributed by atoms with Gasteiger partial charge in [-0.05, 0) is 47.2 Å². The molecule has 122 valence electrons. The molecule has 6 nitrogen and oxygen atoms in total. The van der Waals surface area contributed by atoms with Crippen molar-refractivity contribution >= 4 is 38.4 Å². The van der Waals surface area contributed by atoms with Crippen LogP contribution in [0.2, 0.25) is 0 Å². The molecule has 0 bridgehead atoms. The molecule has 0 amide bonds. The minimum absolute atomic E-state index is 0.0452. The maximum atomic E-state index is 13.2. The molecule has 0 spiro atoms. The summed E-state index contributed by atoms with van der Waals surface area (Å²) in [4.78, 5) is 18.4. The van der Waals surface area contributed by atoms with Crippen LogP contribution in [0.1, 0.15) is 32.1 Å². The van der Waals surface area contributed by atoms with Crippen LogP contribution in [0.5, 0.6) is 0 Å². The molecule has 2 fully saturated rings. The Kier molecular flexibility index (Phi) is 4.84. The Hall–Kier alpha value is -0.540. The average Bonchev–Trinajstić information content (AvgIpc) is 3.05. The van der Waals surface area contributed by atoms with Gasteiger partial charge in [0.15, 0.2) is 0 Å². The maximum absolute atomic E-state index is 13.2. The van der Waals surface area contributed by atoms with E-state index in [0.717, 1.165) is 29.5 Å². The van der Waals surface area contributed by atoms with E-state index < -0.39 is 10.9 Å². The van der Waals surface area contributed by atoms with Gasteiger partial charge in [-0.1, -0.05) is 19.3 Å². The molecule has 8 heteroatoms. The van der Waals surface area contributed by atoms with Crippen LogP contribution in [0.25, 0.3) is 0 Å². The van der Waals surface area contributed by atoms with E-state index in [0.29, 0.717) is 11.7 Å². The number of nitrogens with zero attached hydrogens (tertiary/aromatic N) is 3. The standard InChI is InChI=1S/C14H20BrN3O3S/c1-17-8-12(21-13(19)10-5-3-2-4-6-10)18(20,9-17)14-16-7-11(15)22-14/h7,10,12H,2-6,8-9H2,1H3. The number of carbonyl (C=O) groups excluding carboxylic acids is 1. The molecule has 3 rings (SSSR count). The summed E-state index contributed by atoms with van der Waals surface area (Å²) in [6.07, 6.45) is 5.98. The molecule has 1 saturated heterocycles. The molecule has 1 saturated carbocycles. The van der Waals surface area contributed by atoms with Crippen LogP contribution < -0.4 is 4.65 Å². The van der Waals surface area contributed by atoms with Crippen molar-refractivity contribution in [3.05, 3.63) is 15.2 Å². The summed E-state index contributed by atoms with van der Waals surface area (Å²) in [5, 5.41) is 13.7. The van der Waals surface area contributed by atoms with Crippen LogP contribution >= 0.6 is 27.3 Å². The van der Waals surface area contributed by atoms with Gasteiger partial charge in [0.05, 0.1) is 22.4 Å². The van der Waals surface area contributed by atoms with Crippen molar-refractivity contribution in [3.8, 4) is 0 Å². The minimum atomic E-state index is -0.725. The minimum Gasteiger partial charge on any atom is -0.622 e. The summed E-state index contributed by atoms with van der Waals surface area (Å²) in [7, 11) is 1.86. The molecule has 2 atom stereocenters. The molecule has 2 aliphatic rings. The van der Waals surface area contributed by atoms with E-state index in [2.05, 4.69) is 20.9 Å². The van der Waals surface area contributed by atoms with Crippen LogP contribution in [0, 0.1) is 11.1 Å². The number of carbonyl (C=O) groups is 1. The highest BCUT2D eigenvalue weighted by Crippen LogP contribution is 2.37. The highest BCUT2D eigenvalue weighted by Gasteiger charge is 2.45. The molecular weight excluding hydrogens is 370 g/mol. The van der Waals surface area contributed by atoms with Gasteiger partial charge < -0.3 is 9.94 Å². The van der Waals surface area contributed by atoms with Gasteiger partial charge in [-0.2, -0.15) is 4.98 Å². The number of hydrogen-bond acceptors (Lipinski definition) is 6. The van der Waals surface area contributed by atoms with E-state index in [1.165, 1.54) is 17.8 Å². The lowest BCUT2D eigenvalue weighted by Gasteiger charge is -2.39. The van der Waals surface area contributed by atoms with Gasteiger partial charge in [-0.3, -0.25) is 9.44 Å². The van der Waals surface area contributed by atoms with Crippen molar-refractivity contribution in [3.63, 3.8) is 0 Å². The summed E-state index contributed by atoms with van der Waals surface area (Å²) in [6.45, 7) is 0.696. The molecule has 1 aliphatic carbocycles. The van der Waals surface area contributed by atoms with Crippen LogP contribution in [0.3, 0.4) is 0 Å². The van der Waals surface area contributed by atoms with Gasteiger partial charge >= 0.3 is 5.97 Å². The van der Waals surface area contributed by atoms with Gasteiger partial charge in [0, 0.05) is 0 Å². The molecule has 1 aliphatic heterocycles. The largest absolute Gasteiger partial charge is 0.622 e. The second kappa shape index (κ2) is 6.52. The third-order valence-electron chi connectivity index (χ3n) is 4.36. The number of hydroxylamine groups is 2. The smallest absolute Gasteiger partial charge is 0.313 e. The van der Waals surface area contributed by atoms with Crippen molar-refractivity contribution in [1.29, 1.82) is 0 Å². The fraction of sp³-hybridized carbons (Fsp3) is 0.714. The number of hydrogen-bond donors (Lipinski definition) is 0. The highest BCUT2D eigenvalue weighted by molar-refractivity contribution is 9.11. The number of ether oxygens (including phenoxy) is 1. The van der Waals surface area contributed by atoms with Crippen LogP contribution in [0.15, 0.2) is 9.98 Å². The van der Waals surface area contributed by atoms with Crippen LogP contribution in [0.4, 0.5) is 5.13 Å².